The maximum atomic E-state index is 12.5. The zero-order chi connectivity index (χ0) is 16.6. The van der Waals surface area contributed by atoms with Gasteiger partial charge in [-0.3, -0.25) is 14.5 Å². The molecule has 7 heteroatoms. The fourth-order valence-electron chi connectivity index (χ4n) is 2.55. The number of nitrogens with one attached hydrogen (secondary N) is 2. The van der Waals surface area contributed by atoms with Gasteiger partial charge < -0.3 is 5.32 Å². The molecule has 0 saturated heterocycles. The molecule has 1 aromatic carbocycles. The molecule has 1 amide bonds. The van der Waals surface area contributed by atoms with E-state index >= 15 is 0 Å². The molecular weight excluding hydrogens is 314 g/mol. The third-order valence-corrected chi connectivity index (χ3v) is 5.70. The summed E-state index contributed by atoms with van der Waals surface area (Å²) in [6.07, 6.45) is 2.80. The van der Waals surface area contributed by atoms with E-state index in [1.807, 2.05) is 13.8 Å². The van der Waals surface area contributed by atoms with Gasteiger partial charge in [-0.05, 0) is 30.9 Å². The fraction of sp³-hybridized carbons (Fsp3) is 0.500. The van der Waals surface area contributed by atoms with Gasteiger partial charge in [-0.1, -0.05) is 32.4 Å². The normalized spacial score (nSPS) is 23.0. The van der Waals surface area contributed by atoms with Crippen molar-refractivity contribution in [3.8, 4) is 0 Å². The average Bonchev–Trinajstić information content (AvgIpc) is 3.29. The smallest absolute Gasteiger partial charge is 0.263 e. The van der Waals surface area contributed by atoms with Crippen LogP contribution in [0, 0.1) is 5.92 Å². The Kier molecular flexibility index (Phi) is 4.14. The van der Waals surface area contributed by atoms with Crippen LogP contribution < -0.4 is 10.0 Å². The quantitative estimate of drug-likeness (QED) is 0.853. The van der Waals surface area contributed by atoms with Crippen LogP contribution in [0.3, 0.4) is 0 Å². The highest BCUT2D eigenvalue weighted by Gasteiger charge is 2.34. The summed E-state index contributed by atoms with van der Waals surface area (Å²) in [6.45, 7) is 3.95. The Labute approximate surface area is 136 Å². The Morgan fingerprint density at radius 1 is 1.39 bits per heavy atom. The topological polar surface area (TPSA) is 87.6 Å². The van der Waals surface area contributed by atoms with Crippen molar-refractivity contribution in [2.75, 3.05) is 0 Å². The van der Waals surface area contributed by atoms with Gasteiger partial charge in [0.2, 0.25) is 5.91 Å². The molecule has 1 fully saturated rings. The molecule has 1 aromatic rings. The van der Waals surface area contributed by atoms with E-state index in [-0.39, 0.29) is 28.6 Å². The minimum absolute atomic E-state index is 0.0264. The minimum atomic E-state index is -3.58. The van der Waals surface area contributed by atoms with Gasteiger partial charge in [0, 0.05) is 11.6 Å². The standard InChI is InChI=1S/C16H21N3O3S/c1-3-10(2)14(16(20)17-11-8-9-11)18-15-12-6-4-5-7-13(12)23(21,22)19-15/h4-7,10-11,14H,3,8-9H2,1-2H3,(H,17,20)(H,18,19)/t10-,14-/m0/s1. The lowest BCUT2D eigenvalue weighted by Crippen LogP contribution is -2.40. The molecule has 1 aliphatic heterocycles. The first-order chi connectivity index (χ1) is 10.9. The van der Waals surface area contributed by atoms with E-state index in [4.69, 9.17) is 0 Å². The molecule has 2 N–H and O–H groups in total. The molecular formula is C16H21N3O3S. The number of sulfonamides is 1. The molecule has 3 rings (SSSR count). The van der Waals surface area contributed by atoms with Gasteiger partial charge in [-0.2, -0.15) is 0 Å². The summed E-state index contributed by atoms with van der Waals surface area (Å²) in [6, 6.07) is 6.35. The van der Waals surface area contributed by atoms with Crippen molar-refractivity contribution in [2.45, 2.75) is 50.1 Å². The van der Waals surface area contributed by atoms with E-state index < -0.39 is 16.1 Å². The molecule has 124 valence electrons. The van der Waals surface area contributed by atoms with Gasteiger partial charge >= 0.3 is 0 Å². The number of hydrogen-bond acceptors (Lipinski definition) is 4. The summed E-state index contributed by atoms with van der Waals surface area (Å²) in [5.41, 5.74) is 0.528. The first kappa shape index (κ1) is 16.0. The fourth-order valence-corrected chi connectivity index (χ4v) is 3.79. The SMILES string of the molecule is CC[C@H](C)[C@H](N=C1NS(=O)(=O)c2ccccc21)C(=O)NC1CC1. The number of hydrogen-bond donors (Lipinski definition) is 2. The number of amidine groups is 1. The summed E-state index contributed by atoms with van der Waals surface area (Å²) >= 11 is 0. The second kappa shape index (κ2) is 5.96. The third kappa shape index (κ3) is 3.24. The summed E-state index contributed by atoms with van der Waals surface area (Å²) in [5.74, 6) is 0.160. The number of nitrogens with zero attached hydrogens (tertiary/aromatic N) is 1. The molecule has 0 bridgehead atoms. The summed E-state index contributed by atoms with van der Waals surface area (Å²) in [5, 5.41) is 2.96. The predicted octanol–water partition coefficient (Wildman–Crippen LogP) is 1.42. The molecule has 2 atom stereocenters. The van der Waals surface area contributed by atoms with Crippen LogP contribution in [0.1, 0.15) is 38.7 Å². The maximum Gasteiger partial charge on any atom is 0.263 e. The molecule has 6 nitrogen and oxygen atoms in total. The highest BCUT2D eigenvalue weighted by molar-refractivity contribution is 7.90. The van der Waals surface area contributed by atoms with Crippen molar-refractivity contribution in [3.63, 3.8) is 0 Å². The van der Waals surface area contributed by atoms with Crippen molar-refractivity contribution in [2.24, 2.45) is 10.9 Å². The first-order valence-electron chi connectivity index (χ1n) is 7.92. The van der Waals surface area contributed by atoms with Gasteiger partial charge in [0.05, 0.1) is 4.90 Å². The molecule has 0 aromatic heterocycles. The van der Waals surface area contributed by atoms with Crippen molar-refractivity contribution >= 4 is 21.8 Å². The number of carbonyl (C=O) groups excluding carboxylic acids is 1. The van der Waals surface area contributed by atoms with Gasteiger partial charge in [0.1, 0.15) is 11.9 Å². The van der Waals surface area contributed by atoms with Gasteiger partial charge in [0.15, 0.2) is 0 Å². The van der Waals surface area contributed by atoms with E-state index in [9.17, 15) is 13.2 Å². The lowest BCUT2D eigenvalue weighted by atomic mass is 9.98. The average molecular weight is 335 g/mol. The molecule has 2 aliphatic rings. The van der Waals surface area contributed by atoms with E-state index in [1.165, 1.54) is 0 Å². The van der Waals surface area contributed by atoms with Crippen LogP contribution in [-0.4, -0.2) is 32.2 Å². The van der Waals surface area contributed by atoms with Crippen LogP contribution in [-0.2, 0) is 14.8 Å². The Morgan fingerprint density at radius 3 is 2.74 bits per heavy atom. The van der Waals surface area contributed by atoms with Gasteiger partial charge in [-0.25, -0.2) is 8.42 Å². The highest BCUT2D eigenvalue weighted by Crippen LogP contribution is 2.25. The number of rotatable bonds is 5. The van der Waals surface area contributed by atoms with Gasteiger partial charge in [0.25, 0.3) is 10.0 Å². The van der Waals surface area contributed by atoms with Crippen LogP contribution in [0.2, 0.25) is 0 Å². The van der Waals surface area contributed by atoms with E-state index in [0.29, 0.717) is 5.56 Å². The zero-order valence-corrected chi connectivity index (χ0v) is 14.1. The zero-order valence-electron chi connectivity index (χ0n) is 13.2. The summed E-state index contributed by atoms with van der Waals surface area (Å²) < 4.78 is 26.8. The number of amides is 1. The van der Waals surface area contributed by atoms with Crippen molar-refractivity contribution in [1.82, 2.24) is 10.0 Å². The Balaban J connectivity index is 1.95. The Morgan fingerprint density at radius 2 is 2.09 bits per heavy atom. The van der Waals surface area contributed by atoms with Crippen LogP contribution in [0.15, 0.2) is 34.2 Å². The van der Waals surface area contributed by atoms with Crippen LogP contribution in [0.4, 0.5) is 0 Å². The second-order valence-corrected chi connectivity index (χ2v) is 7.84. The number of carbonyl (C=O) groups is 1. The van der Waals surface area contributed by atoms with Crippen LogP contribution in [0.25, 0.3) is 0 Å². The minimum Gasteiger partial charge on any atom is -0.352 e. The lowest BCUT2D eigenvalue weighted by Gasteiger charge is -2.19. The van der Waals surface area contributed by atoms with Crippen molar-refractivity contribution in [1.29, 1.82) is 0 Å². The molecule has 1 heterocycles. The Hall–Kier alpha value is -1.89. The van der Waals surface area contributed by atoms with Crippen LogP contribution >= 0.6 is 0 Å². The Bertz CT molecular complexity index is 754. The molecule has 1 aliphatic carbocycles. The first-order valence-corrected chi connectivity index (χ1v) is 9.41. The van der Waals surface area contributed by atoms with Crippen molar-refractivity contribution in [3.05, 3.63) is 29.8 Å². The second-order valence-electron chi connectivity index (χ2n) is 6.19. The van der Waals surface area contributed by atoms with E-state index in [1.54, 1.807) is 24.3 Å². The predicted molar refractivity (Wildman–Crippen MR) is 87.7 cm³/mol. The highest BCUT2D eigenvalue weighted by atomic mass is 32.2. The van der Waals surface area contributed by atoms with Gasteiger partial charge in [-0.15, -0.1) is 0 Å². The van der Waals surface area contributed by atoms with E-state index in [0.717, 1.165) is 19.3 Å². The molecule has 0 radical (unpaired) electrons. The maximum absolute atomic E-state index is 12.5. The number of aliphatic imine (C=N–C) groups is 1. The molecule has 1 saturated carbocycles. The third-order valence-electron chi connectivity index (χ3n) is 4.31. The van der Waals surface area contributed by atoms with Crippen LogP contribution in [0.5, 0.6) is 0 Å². The number of benzene rings is 1. The molecule has 0 unspecified atom stereocenters. The summed E-state index contributed by atoms with van der Waals surface area (Å²) in [7, 11) is -3.58. The van der Waals surface area contributed by atoms with Crippen molar-refractivity contribution < 1.29 is 13.2 Å². The van der Waals surface area contributed by atoms with E-state index in [2.05, 4.69) is 15.0 Å². The largest absolute Gasteiger partial charge is 0.352 e. The lowest BCUT2D eigenvalue weighted by molar-refractivity contribution is -0.123. The monoisotopic (exact) mass is 335 g/mol. The molecule has 0 spiro atoms. The number of fused-ring (bicyclic) bond motifs is 1. The molecule has 23 heavy (non-hydrogen) atoms. The summed E-state index contributed by atoms with van der Waals surface area (Å²) in [4.78, 5) is 17.2.